The molecule has 352 valence electrons. The van der Waals surface area contributed by atoms with Crippen LogP contribution in [0.5, 0.6) is 28.7 Å². The second kappa shape index (κ2) is 15.4. The molecule has 2 aromatic heterocycles. The van der Waals surface area contributed by atoms with Gasteiger partial charge in [0.1, 0.15) is 11.9 Å². The summed E-state index contributed by atoms with van der Waals surface area (Å²) < 4.78 is 26.4. The predicted octanol–water partition coefficient (Wildman–Crippen LogP) is 17.0. The van der Waals surface area contributed by atoms with Gasteiger partial charge < -0.3 is 28.5 Å². The van der Waals surface area contributed by atoms with Crippen molar-refractivity contribution in [2.24, 2.45) is 0 Å². The standard InChI is InChI=1S/C66H46BN3O3S/c1-66(2,3)40-31-32-51(46(33-40)39-19-7-4-8-20-39)69-52-38-58-57(71-55-28-16-17-29-56(55)72-58)37-50(52)67-61-53(69)36-47-44-25-13-15-27-54(44)73-64(47)60(61)48-34-43(68(41-21-9-5-10-22-41)42-23-11-6-12-24-42)35-49-62(48)70(67)63-45-26-14-18-30-59(45)74-65(49)63/h4-38,47,64H,1-3H3. The van der Waals surface area contributed by atoms with E-state index in [0.29, 0.717) is 23.0 Å². The number of allylic oxidation sites excluding steroid dienone is 1. The van der Waals surface area contributed by atoms with Crippen LogP contribution in [0.4, 0.5) is 28.4 Å². The van der Waals surface area contributed by atoms with Gasteiger partial charge in [0, 0.05) is 83.7 Å². The molecule has 0 bridgehead atoms. The molecule has 0 saturated heterocycles. The number of hydrogen-bond acceptors (Lipinski definition) is 6. The molecule has 8 heteroatoms. The van der Waals surface area contributed by atoms with Gasteiger partial charge in [-0.05, 0) is 112 Å². The Morgan fingerprint density at radius 2 is 1.19 bits per heavy atom. The molecule has 6 heterocycles. The minimum atomic E-state index is -0.295. The van der Waals surface area contributed by atoms with Gasteiger partial charge in [-0.1, -0.05) is 142 Å². The lowest BCUT2D eigenvalue weighted by atomic mass is 9.42. The smallest absolute Gasteiger partial charge is 0.333 e. The lowest BCUT2D eigenvalue weighted by Gasteiger charge is -2.46. The molecule has 5 aliphatic rings. The highest BCUT2D eigenvalue weighted by Gasteiger charge is 2.53. The van der Waals surface area contributed by atoms with Crippen LogP contribution in [-0.4, -0.2) is 17.4 Å². The SMILES string of the molecule is CC(C)(C)c1ccc(N2C3=CC4c5ccccc5OC4C4=C3B(c3cc5c(cc32)Oc2ccccc2O5)n2c3c4cc(N(c4ccccc4)c4ccccc4)cc3c3sc4ccccc4c32)c(-c2ccccc2)c1. The summed E-state index contributed by atoms with van der Waals surface area (Å²) in [6, 6.07) is 74.6. The summed E-state index contributed by atoms with van der Waals surface area (Å²) in [5, 5.41) is 2.46. The number of hydrogen-bond donors (Lipinski definition) is 0. The summed E-state index contributed by atoms with van der Waals surface area (Å²) in [5.41, 5.74) is 18.4. The molecular formula is C66H46BN3O3S. The van der Waals surface area contributed by atoms with E-state index in [9.17, 15) is 0 Å². The summed E-state index contributed by atoms with van der Waals surface area (Å²) in [6.45, 7) is 6.63. The molecule has 4 aliphatic heterocycles. The molecule has 11 aromatic rings. The summed E-state index contributed by atoms with van der Waals surface area (Å²) in [5.74, 6) is 3.63. The number of para-hydroxylation sites is 5. The maximum absolute atomic E-state index is 7.41. The number of nitrogens with zero attached hydrogens (tertiary/aromatic N) is 3. The fraction of sp³-hybridized carbons (Fsp3) is 0.0909. The Morgan fingerprint density at radius 1 is 0.541 bits per heavy atom. The molecule has 74 heavy (non-hydrogen) atoms. The molecule has 9 aromatic carbocycles. The largest absolute Gasteiger partial charge is 0.484 e. The van der Waals surface area contributed by atoms with Gasteiger partial charge >= 0.3 is 6.85 Å². The van der Waals surface area contributed by atoms with Crippen LogP contribution in [0.1, 0.15) is 43.4 Å². The van der Waals surface area contributed by atoms with E-state index < -0.39 is 0 Å². The van der Waals surface area contributed by atoms with Gasteiger partial charge in [0.2, 0.25) is 0 Å². The number of ether oxygens (including phenoxy) is 3. The van der Waals surface area contributed by atoms with E-state index in [4.69, 9.17) is 14.2 Å². The third-order valence-corrected chi connectivity index (χ3v) is 17.1. The first kappa shape index (κ1) is 41.9. The fourth-order valence-corrected chi connectivity index (χ4v) is 13.9. The van der Waals surface area contributed by atoms with Crippen molar-refractivity contribution in [1.82, 2.24) is 4.48 Å². The van der Waals surface area contributed by atoms with Gasteiger partial charge in [0.15, 0.2) is 23.0 Å². The third kappa shape index (κ3) is 5.94. The van der Waals surface area contributed by atoms with Gasteiger partial charge in [-0.25, -0.2) is 0 Å². The average molecular weight is 972 g/mol. The van der Waals surface area contributed by atoms with E-state index >= 15 is 0 Å². The number of benzene rings is 9. The maximum atomic E-state index is 7.41. The highest BCUT2D eigenvalue weighted by atomic mass is 32.1. The fourth-order valence-electron chi connectivity index (χ4n) is 12.6. The zero-order chi connectivity index (χ0) is 49.0. The van der Waals surface area contributed by atoms with Gasteiger partial charge in [0.05, 0.1) is 15.9 Å². The molecule has 0 spiro atoms. The Bertz CT molecular complexity index is 4210. The highest BCUT2D eigenvalue weighted by molar-refractivity contribution is 7.26. The first-order valence-corrected chi connectivity index (χ1v) is 26.4. The quantitative estimate of drug-likeness (QED) is 0.161. The summed E-state index contributed by atoms with van der Waals surface area (Å²) in [7, 11) is 0. The van der Waals surface area contributed by atoms with Crippen molar-refractivity contribution >= 4 is 88.9 Å². The van der Waals surface area contributed by atoms with Crippen molar-refractivity contribution in [2.45, 2.75) is 38.2 Å². The van der Waals surface area contributed by atoms with Crippen LogP contribution in [-0.2, 0) is 5.41 Å². The van der Waals surface area contributed by atoms with Crippen molar-refractivity contribution in [1.29, 1.82) is 0 Å². The molecule has 0 saturated carbocycles. The van der Waals surface area contributed by atoms with Crippen LogP contribution in [0, 0.1) is 0 Å². The highest BCUT2D eigenvalue weighted by Crippen LogP contribution is 2.60. The molecule has 0 N–H and O–H groups in total. The zero-order valence-corrected chi connectivity index (χ0v) is 41.7. The van der Waals surface area contributed by atoms with Crippen LogP contribution >= 0.6 is 11.3 Å². The van der Waals surface area contributed by atoms with Gasteiger partial charge in [0.25, 0.3) is 0 Å². The van der Waals surface area contributed by atoms with Crippen molar-refractivity contribution in [3.8, 4) is 39.9 Å². The van der Waals surface area contributed by atoms with Crippen molar-refractivity contribution in [3.05, 3.63) is 240 Å². The summed E-state index contributed by atoms with van der Waals surface area (Å²) >= 11 is 1.89. The Labute approximate surface area is 433 Å². The second-order valence-corrected chi connectivity index (χ2v) is 22.2. The minimum absolute atomic E-state index is 0.0794. The van der Waals surface area contributed by atoms with Gasteiger partial charge in [-0.15, -0.1) is 11.3 Å². The van der Waals surface area contributed by atoms with E-state index in [1.165, 1.54) is 58.9 Å². The molecule has 2 atom stereocenters. The second-order valence-electron chi connectivity index (χ2n) is 21.1. The predicted molar refractivity (Wildman–Crippen MR) is 305 cm³/mol. The number of rotatable bonds is 5. The van der Waals surface area contributed by atoms with Crippen LogP contribution < -0.4 is 29.5 Å². The molecule has 6 nitrogen and oxygen atoms in total. The maximum Gasteiger partial charge on any atom is 0.333 e. The van der Waals surface area contributed by atoms with Crippen LogP contribution in [0.15, 0.2) is 224 Å². The van der Waals surface area contributed by atoms with E-state index in [2.05, 4.69) is 223 Å². The van der Waals surface area contributed by atoms with E-state index in [1.807, 2.05) is 35.6 Å². The number of aromatic nitrogens is 1. The van der Waals surface area contributed by atoms with Crippen LogP contribution in [0.2, 0.25) is 0 Å². The van der Waals surface area contributed by atoms with E-state index in [-0.39, 0.29) is 24.3 Å². The lowest BCUT2D eigenvalue weighted by Crippen LogP contribution is -2.53. The minimum Gasteiger partial charge on any atom is -0.484 e. The van der Waals surface area contributed by atoms with E-state index in [1.54, 1.807) is 0 Å². The molecule has 0 amide bonds. The number of fused-ring (bicyclic) bond motifs is 15. The Morgan fingerprint density at radius 3 is 1.92 bits per heavy atom. The van der Waals surface area contributed by atoms with Crippen molar-refractivity contribution < 1.29 is 14.2 Å². The van der Waals surface area contributed by atoms with E-state index in [0.717, 1.165) is 56.5 Å². The molecular weight excluding hydrogens is 926 g/mol. The molecule has 2 unspecified atom stereocenters. The molecule has 0 fully saturated rings. The van der Waals surface area contributed by atoms with Gasteiger partial charge in [-0.3, -0.25) is 0 Å². The monoisotopic (exact) mass is 971 g/mol. The first-order chi connectivity index (χ1) is 36.3. The topological polar surface area (TPSA) is 39.1 Å². The van der Waals surface area contributed by atoms with Crippen LogP contribution in [0.25, 0.3) is 47.9 Å². The van der Waals surface area contributed by atoms with Crippen molar-refractivity contribution in [3.63, 3.8) is 0 Å². The number of anilines is 5. The Hall–Kier alpha value is -8.72. The van der Waals surface area contributed by atoms with Gasteiger partial charge in [-0.2, -0.15) is 0 Å². The molecule has 0 radical (unpaired) electrons. The van der Waals surface area contributed by atoms with Crippen molar-refractivity contribution in [2.75, 3.05) is 9.80 Å². The lowest BCUT2D eigenvalue weighted by molar-refractivity contribution is 0.277. The molecule has 1 aliphatic carbocycles. The first-order valence-electron chi connectivity index (χ1n) is 25.6. The normalized spacial score (nSPS) is 16.6. The zero-order valence-electron chi connectivity index (χ0n) is 40.9. The summed E-state index contributed by atoms with van der Waals surface area (Å²) in [6.07, 6.45) is 2.24. The average Bonchev–Trinajstić information content (AvgIpc) is 4.27. The Balaban J connectivity index is 1.07. The third-order valence-electron chi connectivity index (χ3n) is 15.9. The summed E-state index contributed by atoms with van der Waals surface area (Å²) in [4.78, 5) is 4.97. The number of thiophene rings is 1. The molecule has 16 rings (SSSR count). The van der Waals surface area contributed by atoms with Crippen LogP contribution in [0.3, 0.4) is 0 Å². The Kier molecular flexibility index (Phi) is 8.71.